The van der Waals surface area contributed by atoms with Crippen LogP contribution >= 0.6 is 0 Å². The summed E-state index contributed by atoms with van der Waals surface area (Å²) in [4.78, 5) is 25.4. The summed E-state index contributed by atoms with van der Waals surface area (Å²) in [6.45, 7) is 2.90. The number of Topliss-reactive ketones (excluding diaryl/α,β-unsaturated/α-hetero) is 2. The van der Waals surface area contributed by atoms with Crippen molar-refractivity contribution in [2.75, 3.05) is 20.6 Å². The van der Waals surface area contributed by atoms with Gasteiger partial charge in [0.05, 0.1) is 17.3 Å². The highest BCUT2D eigenvalue weighted by molar-refractivity contribution is 6.02. The molecule has 1 aromatic rings. The number of fused-ring (bicyclic) bond motifs is 1. The molecule has 0 saturated carbocycles. The third-order valence-corrected chi connectivity index (χ3v) is 2.95. The fraction of sp³-hybridized carbons (Fsp3) is 0.500. The Hall–Kier alpha value is -1.42. The topological polar surface area (TPSA) is 42.3 Å². The van der Waals surface area contributed by atoms with E-state index in [1.807, 2.05) is 23.6 Å². The molecule has 1 unspecified atom stereocenters. The second kappa shape index (κ2) is 3.87. The van der Waals surface area contributed by atoms with Gasteiger partial charge in [0.25, 0.3) is 0 Å². The Kier molecular flexibility index (Phi) is 2.68. The van der Waals surface area contributed by atoms with Gasteiger partial charge in [-0.05, 0) is 26.2 Å². The van der Waals surface area contributed by atoms with Crippen molar-refractivity contribution >= 4 is 11.6 Å². The number of hydrogen-bond acceptors (Lipinski definition) is 3. The average molecular weight is 220 g/mol. The van der Waals surface area contributed by atoms with Crippen molar-refractivity contribution in [2.24, 2.45) is 5.92 Å². The monoisotopic (exact) mass is 220 g/mol. The molecule has 0 bridgehead atoms. The Labute approximate surface area is 94.8 Å². The first-order chi connectivity index (χ1) is 7.50. The van der Waals surface area contributed by atoms with Gasteiger partial charge in [0.15, 0.2) is 11.6 Å². The van der Waals surface area contributed by atoms with Gasteiger partial charge in [0.1, 0.15) is 0 Å². The minimum Gasteiger partial charge on any atom is -0.335 e. The molecule has 1 aliphatic rings. The molecule has 0 saturated heterocycles. The van der Waals surface area contributed by atoms with E-state index in [0.717, 1.165) is 6.54 Å². The molecule has 2 rings (SSSR count). The van der Waals surface area contributed by atoms with Crippen LogP contribution in [0.3, 0.4) is 0 Å². The van der Waals surface area contributed by atoms with E-state index >= 15 is 0 Å². The normalized spacial score (nSPS) is 19.2. The van der Waals surface area contributed by atoms with Crippen molar-refractivity contribution in [1.29, 1.82) is 0 Å². The van der Waals surface area contributed by atoms with Crippen LogP contribution in [0.25, 0.3) is 0 Å². The van der Waals surface area contributed by atoms with Gasteiger partial charge < -0.3 is 9.47 Å². The first-order valence-electron chi connectivity index (χ1n) is 5.40. The first-order valence-corrected chi connectivity index (χ1v) is 5.40. The minimum atomic E-state index is -0.00991. The molecule has 86 valence electrons. The van der Waals surface area contributed by atoms with Crippen molar-refractivity contribution < 1.29 is 9.59 Å². The van der Waals surface area contributed by atoms with E-state index in [1.54, 1.807) is 12.1 Å². The lowest BCUT2D eigenvalue weighted by molar-refractivity contribution is 0.0914. The molecule has 1 aliphatic heterocycles. The number of rotatable bonds is 3. The quantitative estimate of drug-likeness (QED) is 0.715. The van der Waals surface area contributed by atoms with Gasteiger partial charge in [-0.1, -0.05) is 0 Å². The zero-order valence-electron chi connectivity index (χ0n) is 9.86. The minimum absolute atomic E-state index is 0.00991. The zero-order valence-corrected chi connectivity index (χ0v) is 9.86. The molecule has 0 spiro atoms. The van der Waals surface area contributed by atoms with Gasteiger partial charge >= 0.3 is 0 Å². The number of ketones is 2. The SMILES string of the molecule is CC(=O)c1ccc2n1CC(CN(C)C)C2=O. The lowest BCUT2D eigenvalue weighted by atomic mass is 10.1. The van der Waals surface area contributed by atoms with Crippen LogP contribution < -0.4 is 0 Å². The molecule has 16 heavy (non-hydrogen) atoms. The predicted molar refractivity (Wildman–Crippen MR) is 60.8 cm³/mol. The van der Waals surface area contributed by atoms with E-state index in [0.29, 0.717) is 17.9 Å². The largest absolute Gasteiger partial charge is 0.335 e. The molecule has 4 nitrogen and oxygen atoms in total. The summed E-state index contributed by atoms with van der Waals surface area (Å²) in [5.41, 5.74) is 1.32. The standard InChI is InChI=1S/C12H16N2O2/c1-8(15)10-4-5-11-12(16)9(6-13(2)3)7-14(10)11/h4-5,9H,6-7H2,1-3H3. The van der Waals surface area contributed by atoms with Crippen molar-refractivity contribution in [3.63, 3.8) is 0 Å². The second-order valence-electron chi connectivity index (χ2n) is 4.59. The highest BCUT2D eigenvalue weighted by Crippen LogP contribution is 2.24. The highest BCUT2D eigenvalue weighted by Gasteiger charge is 2.32. The maximum atomic E-state index is 12.0. The van der Waals surface area contributed by atoms with E-state index in [9.17, 15) is 9.59 Å². The maximum Gasteiger partial charge on any atom is 0.185 e. The fourth-order valence-electron chi connectivity index (χ4n) is 2.28. The molecule has 0 aliphatic carbocycles. The third kappa shape index (κ3) is 1.69. The van der Waals surface area contributed by atoms with Gasteiger partial charge in [-0.3, -0.25) is 9.59 Å². The number of aromatic nitrogens is 1. The van der Waals surface area contributed by atoms with Gasteiger partial charge in [-0.25, -0.2) is 0 Å². The van der Waals surface area contributed by atoms with Gasteiger partial charge in [0.2, 0.25) is 0 Å². The maximum absolute atomic E-state index is 12.0. The summed E-state index contributed by atoms with van der Waals surface area (Å²) < 4.78 is 1.85. The fourth-order valence-corrected chi connectivity index (χ4v) is 2.28. The van der Waals surface area contributed by atoms with E-state index in [2.05, 4.69) is 0 Å². The Morgan fingerprint density at radius 3 is 2.75 bits per heavy atom. The molecular formula is C12H16N2O2. The Morgan fingerprint density at radius 2 is 2.19 bits per heavy atom. The summed E-state index contributed by atoms with van der Waals surface area (Å²) in [7, 11) is 3.90. The average Bonchev–Trinajstić information content (AvgIpc) is 2.68. The summed E-state index contributed by atoms with van der Waals surface area (Å²) >= 11 is 0. The Bertz CT molecular complexity index is 446. The first kappa shape index (κ1) is 11.1. The molecule has 4 heteroatoms. The van der Waals surface area contributed by atoms with E-state index in [1.165, 1.54) is 6.92 Å². The lowest BCUT2D eigenvalue weighted by Gasteiger charge is -2.14. The van der Waals surface area contributed by atoms with Crippen LogP contribution in [-0.2, 0) is 6.54 Å². The zero-order chi connectivity index (χ0) is 11.9. The van der Waals surface area contributed by atoms with E-state index in [-0.39, 0.29) is 17.5 Å². The van der Waals surface area contributed by atoms with Crippen LogP contribution in [0.2, 0.25) is 0 Å². The van der Waals surface area contributed by atoms with E-state index in [4.69, 9.17) is 0 Å². The van der Waals surface area contributed by atoms with Crippen molar-refractivity contribution in [3.8, 4) is 0 Å². The molecule has 0 radical (unpaired) electrons. The van der Waals surface area contributed by atoms with Crippen LogP contribution in [0.5, 0.6) is 0 Å². The van der Waals surface area contributed by atoms with Crippen molar-refractivity contribution in [1.82, 2.24) is 9.47 Å². The lowest BCUT2D eigenvalue weighted by Crippen LogP contribution is -2.26. The summed E-state index contributed by atoms with van der Waals surface area (Å²) in [5, 5.41) is 0. The Morgan fingerprint density at radius 1 is 1.50 bits per heavy atom. The number of carbonyl (C=O) groups excluding carboxylic acids is 2. The number of hydrogen-bond donors (Lipinski definition) is 0. The molecule has 1 atom stereocenters. The van der Waals surface area contributed by atoms with Crippen LogP contribution in [0.15, 0.2) is 12.1 Å². The van der Waals surface area contributed by atoms with Crippen molar-refractivity contribution in [2.45, 2.75) is 13.5 Å². The smallest absolute Gasteiger partial charge is 0.185 e. The summed E-state index contributed by atoms with van der Waals surface area (Å²) in [5.74, 6) is 0.162. The van der Waals surface area contributed by atoms with Crippen molar-refractivity contribution in [3.05, 3.63) is 23.5 Å². The van der Waals surface area contributed by atoms with Crippen LogP contribution in [0.4, 0.5) is 0 Å². The van der Waals surface area contributed by atoms with Crippen LogP contribution in [0.1, 0.15) is 27.9 Å². The van der Waals surface area contributed by atoms with Crippen LogP contribution in [-0.4, -0.2) is 41.7 Å². The van der Waals surface area contributed by atoms with Gasteiger partial charge in [-0.15, -0.1) is 0 Å². The summed E-state index contributed by atoms with van der Waals surface area (Å²) in [6, 6.07) is 3.50. The van der Waals surface area contributed by atoms with Gasteiger partial charge in [-0.2, -0.15) is 0 Å². The third-order valence-electron chi connectivity index (χ3n) is 2.95. The number of carbonyl (C=O) groups is 2. The number of nitrogens with zero attached hydrogens (tertiary/aromatic N) is 2. The molecule has 0 fully saturated rings. The predicted octanol–water partition coefficient (Wildman–Crippen LogP) is 1.06. The second-order valence-corrected chi connectivity index (χ2v) is 4.59. The van der Waals surface area contributed by atoms with Gasteiger partial charge in [0, 0.05) is 20.0 Å². The molecule has 2 heterocycles. The molecule has 0 N–H and O–H groups in total. The van der Waals surface area contributed by atoms with Crippen LogP contribution in [0, 0.1) is 5.92 Å². The molecular weight excluding hydrogens is 204 g/mol. The molecule has 0 amide bonds. The Balaban J connectivity index is 2.28. The highest BCUT2D eigenvalue weighted by atomic mass is 16.1. The molecule has 0 aromatic carbocycles. The molecule has 1 aromatic heterocycles. The van der Waals surface area contributed by atoms with E-state index < -0.39 is 0 Å². The summed E-state index contributed by atoms with van der Waals surface area (Å²) in [6.07, 6.45) is 0.